The van der Waals surface area contributed by atoms with Crippen LogP contribution in [0.4, 0.5) is 24.7 Å². The summed E-state index contributed by atoms with van der Waals surface area (Å²) in [5.74, 6) is 0.362. The van der Waals surface area contributed by atoms with Crippen LogP contribution in [0.25, 0.3) is 0 Å². The molecular formula is C9H12F3N3S. The minimum absolute atomic E-state index is 0.0682. The lowest BCUT2D eigenvalue weighted by Gasteiger charge is -2.09. The Hall–Kier alpha value is -1.11. The molecule has 0 aliphatic carbocycles. The molecule has 7 heteroatoms. The van der Waals surface area contributed by atoms with Gasteiger partial charge in [-0.15, -0.1) is 0 Å². The van der Waals surface area contributed by atoms with Crippen molar-refractivity contribution in [2.75, 3.05) is 23.3 Å². The smallest absolute Gasteiger partial charge is 0.396 e. The Morgan fingerprint density at radius 1 is 1.44 bits per heavy atom. The summed E-state index contributed by atoms with van der Waals surface area (Å²) in [6.07, 6.45) is 0. The highest BCUT2D eigenvalue weighted by molar-refractivity contribution is 8.00. The molecule has 1 heterocycles. The number of thioether (sulfide) groups is 1. The third-order valence-corrected chi connectivity index (χ3v) is 2.46. The third-order valence-electron chi connectivity index (χ3n) is 1.73. The molecule has 16 heavy (non-hydrogen) atoms. The number of aryl methyl sites for hydroxylation is 1. The van der Waals surface area contributed by atoms with Crippen molar-refractivity contribution in [3.8, 4) is 0 Å². The van der Waals surface area contributed by atoms with E-state index in [0.29, 0.717) is 11.5 Å². The number of nitrogen functional groups attached to an aromatic ring is 1. The number of hydrogen-bond donors (Lipinski definition) is 2. The standard InChI is InChI=1S/C9H12F3N3S/c1-6-2-3-7(13)8(15-6)14-4-5-16-9(10,11)12/h2-3H,4-5,13H2,1H3,(H,14,15). The van der Waals surface area contributed by atoms with Gasteiger partial charge < -0.3 is 11.1 Å². The van der Waals surface area contributed by atoms with Crippen molar-refractivity contribution >= 4 is 23.3 Å². The quantitative estimate of drug-likeness (QED) is 0.808. The Kier molecular flexibility index (Phi) is 4.28. The molecule has 0 radical (unpaired) electrons. The van der Waals surface area contributed by atoms with Crippen molar-refractivity contribution < 1.29 is 13.2 Å². The van der Waals surface area contributed by atoms with E-state index in [1.807, 2.05) is 0 Å². The van der Waals surface area contributed by atoms with Gasteiger partial charge in [0.05, 0.1) is 5.69 Å². The second kappa shape index (κ2) is 5.29. The molecule has 0 aliphatic rings. The number of nitrogens with zero attached hydrogens (tertiary/aromatic N) is 1. The zero-order chi connectivity index (χ0) is 12.2. The van der Waals surface area contributed by atoms with Crippen molar-refractivity contribution in [1.82, 2.24) is 4.98 Å². The van der Waals surface area contributed by atoms with Gasteiger partial charge in [0.2, 0.25) is 0 Å². The molecule has 0 spiro atoms. The van der Waals surface area contributed by atoms with Gasteiger partial charge in [0.1, 0.15) is 5.82 Å². The molecule has 0 amide bonds. The molecule has 0 unspecified atom stereocenters. The maximum atomic E-state index is 11.8. The second-order valence-corrected chi connectivity index (χ2v) is 4.27. The van der Waals surface area contributed by atoms with Gasteiger partial charge in [0.15, 0.2) is 0 Å². The average Bonchev–Trinajstić information content (AvgIpc) is 2.16. The summed E-state index contributed by atoms with van der Waals surface area (Å²) in [5.41, 5.74) is 2.61. The first-order chi connectivity index (χ1) is 7.38. The maximum Gasteiger partial charge on any atom is 0.441 e. The number of pyridine rings is 1. The molecule has 0 aromatic carbocycles. The molecule has 0 fully saturated rings. The summed E-state index contributed by atoms with van der Waals surface area (Å²) in [5, 5.41) is 2.77. The van der Waals surface area contributed by atoms with E-state index in [4.69, 9.17) is 5.73 Å². The molecular weight excluding hydrogens is 239 g/mol. The number of anilines is 2. The van der Waals surface area contributed by atoms with Crippen LogP contribution in [0.15, 0.2) is 12.1 Å². The highest BCUT2D eigenvalue weighted by Crippen LogP contribution is 2.29. The Morgan fingerprint density at radius 3 is 2.75 bits per heavy atom. The van der Waals surface area contributed by atoms with Gasteiger partial charge in [0.25, 0.3) is 0 Å². The van der Waals surface area contributed by atoms with E-state index in [0.717, 1.165) is 5.69 Å². The van der Waals surface area contributed by atoms with Gasteiger partial charge in [-0.2, -0.15) is 13.2 Å². The minimum atomic E-state index is -4.19. The summed E-state index contributed by atoms with van der Waals surface area (Å²) < 4.78 is 35.5. The Balaban J connectivity index is 2.40. The molecule has 1 rings (SSSR count). The maximum absolute atomic E-state index is 11.8. The van der Waals surface area contributed by atoms with E-state index >= 15 is 0 Å². The van der Waals surface area contributed by atoms with Gasteiger partial charge >= 0.3 is 5.51 Å². The van der Waals surface area contributed by atoms with Crippen molar-refractivity contribution in [2.24, 2.45) is 0 Å². The van der Waals surface area contributed by atoms with Gasteiger partial charge in [0, 0.05) is 18.0 Å². The van der Waals surface area contributed by atoms with Gasteiger partial charge in [-0.25, -0.2) is 4.98 Å². The van der Waals surface area contributed by atoms with Crippen LogP contribution in [0.5, 0.6) is 0 Å². The predicted molar refractivity (Wildman–Crippen MR) is 60.4 cm³/mol. The number of rotatable bonds is 4. The lowest BCUT2D eigenvalue weighted by Crippen LogP contribution is -2.11. The van der Waals surface area contributed by atoms with Crippen molar-refractivity contribution in [3.63, 3.8) is 0 Å². The van der Waals surface area contributed by atoms with Crippen LogP contribution in [0, 0.1) is 6.92 Å². The largest absolute Gasteiger partial charge is 0.441 e. The second-order valence-electron chi connectivity index (χ2n) is 3.11. The molecule has 90 valence electrons. The summed E-state index contributed by atoms with van der Waals surface area (Å²) in [4.78, 5) is 4.08. The van der Waals surface area contributed by atoms with E-state index in [1.54, 1.807) is 19.1 Å². The molecule has 3 N–H and O–H groups in total. The molecule has 1 aromatic rings. The monoisotopic (exact) mass is 251 g/mol. The van der Waals surface area contributed by atoms with Crippen LogP contribution in [-0.4, -0.2) is 22.8 Å². The molecule has 1 aromatic heterocycles. The Labute approximate surface area is 95.6 Å². The Bertz CT molecular complexity index is 354. The lowest BCUT2D eigenvalue weighted by atomic mass is 10.3. The predicted octanol–water partition coefficient (Wildman–Crippen LogP) is 2.64. The van der Waals surface area contributed by atoms with E-state index < -0.39 is 5.51 Å². The van der Waals surface area contributed by atoms with Crippen LogP contribution < -0.4 is 11.1 Å². The third kappa shape index (κ3) is 4.61. The zero-order valence-electron chi connectivity index (χ0n) is 8.64. The first-order valence-corrected chi connectivity index (χ1v) is 5.55. The summed E-state index contributed by atoms with van der Waals surface area (Å²) in [6.45, 7) is 1.96. The summed E-state index contributed by atoms with van der Waals surface area (Å²) in [7, 11) is 0. The molecule has 0 saturated heterocycles. The van der Waals surface area contributed by atoms with Gasteiger partial charge in [-0.1, -0.05) is 0 Å². The minimum Gasteiger partial charge on any atom is -0.396 e. The number of aromatic nitrogens is 1. The van der Waals surface area contributed by atoms with Crippen LogP contribution in [0.1, 0.15) is 5.69 Å². The molecule has 0 atom stereocenters. The van der Waals surface area contributed by atoms with E-state index in [-0.39, 0.29) is 24.1 Å². The number of halogens is 3. The van der Waals surface area contributed by atoms with Crippen molar-refractivity contribution in [3.05, 3.63) is 17.8 Å². The fourth-order valence-corrected chi connectivity index (χ4v) is 1.48. The van der Waals surface area contributed by atoms with Crippen LogP contribution >= 0.6 is 11.8 Å². The number of alkyl halides is 3. The van der Waals surface area contributed by atoms with E-state index in [9.17, 15) is 13.2 Å². The van der Waals surface area contributed by atoms with Gasteiger partial charge in [-0.05, 0) is 30.8 Å². The molecule has 0 saturated carbocycles. The van der Waals surface area contributed by atoms with Crippen LogP contribution in [0.3, 0.4) is 0 Å². The number of hydrogen-bond acceptors (Lipinski definition) is 4. The van der Waals surface area contributed by atoms with E-state index in [1.165, 1.54) is 0 Å². The lowest BCUT2D eigenvalue weighted by molar-refractivity contribution is -0.0327. The number of nitrogens with one attached hydrogen (secondary N) is 1. The van der Waals surface area contributed by atoms with Crippen molar-refractivity contribution in [2.45, 2.75) is 12.4 Å². The van der Waals surface area contributed by atoms with E-state index in [2.05, 4.69) is 10.3 Å². The molecule has 3 nitrogen and oxygen atoms in total. The summed E-state index contributed by atoms with van der Waals surface area (Å²) in [6, 6.07) is 3.41. The first kappa shape index (κ1) is 13.0. The SMILES string of the molecule is Cc1ccc(N)c(NCCSC(F)(F)F)n1. The first-order valence-electron chi connectivity index (χ1n) is 4.56. The van der Waals surface area contributed by atoms with Crippen molar-refractivity contribution in [1.29, 1.82) is 0 Å². The highest BCUT2D eigenvalue weighted by atomic mass is 32.2. The number of nitrogens with two attached hydrogens (primary N) is 1. The van der Waals surface area contributed by atoms with Gasteiger partial charge in [-0.3, -0.25) is 0 Å². The fourth-order valence-electron chi connectivity index (χ4n) is 1.05. The highest BCUT2D eigenvalue weighted by Gasteiger charge is 2.27. The molecule has 0 bridgehead atoms. The topological polar surface area (TPSA) is 50.9 Å². The Morgan fingerprint density at radius 2 is 2.12 bits per heavy atom. The molecule has 0 aliphatic heterocycles. The fraction of sp³-hybridized carbons (Fsp3) is 0.444. The zero-order valence-corrected chi connectivity index (χ0v) is 9.45. The van der Waals surface area contributed by atoms with Crippen LogP contribution in [-0.2, 0) is 0 Å². The van der Waals surface area contributed by atoms with Crippen LogP contribution in [0.2, 0.25) is 0 Å². The summed E-state index contributed by atoms with van der Waals surface area (Å²) >= 11 is -0.0682. The normalized spacial score (nSPS) is 11.5. The average molecular weight is 251 g/mol.